The zero-order valence-corrected chi connectivity index (χ0v) is 21.6. The van der Waals surface area contributed by atoms with Gasteiger partial charge in [-0.25, -0.2) is 4.79 Å². The van der Waals surface area contributed by atoms with Gasteiger partial charge in [-0.1, -0.05) is 84.9 Å². The van der Waals surface area contributed by atoms with Crippen molar-refractivity contribution in [3.63, 3.8) is 0 Å². The summed E-state index contributed by atoms with van der Waals surface area (Å²) in [4.78, 5) is 24.0. The predicted octanol–water partition coefficient (Wildman–Crippen LogP) is 6.34. The number of benzene rings is 4. The summed E-state index contributed by atoms with van der Waals surface area (Å²) in [5.74, 6) is -0.346. The fourth-order valence-electron chi connectivity index (χ4n) is 4.41. The van der Waals surface area contributed by atoms with E-state index in [9.17, 15) is 14.7 Å². The first kappa shape index (κ1) is 25.4. The second-order valence-corrected chi connectivity index (χ2v) is 10.2. The molecule has 0 fully saturated rings. The molecule has 190 valence electrons. The molecule has 1 heterocycles. The minimum Gasteiger partial charge on any atom is -0.480 e. The van der Waals surface area contributed by atoms with Crippen LogP contribution in [0.5, 0.6) is 0 Å². The number of nitrogens with zero attached hydrogens (tertiary/aromatic N) is 1. The maximum absolute atomic E-state index is 12.3. The van der Waals surface area contributed by atoms with Crippen LogP contribution in [0, 0.1) is 0 Å². The molecule has 0 saturated heterocycles. The summed E-state index contributed by atoms with van der Waals surface area (Å²) in [5, 5.41) is 13.4. The van der Waals surface area contributed by atoms with E-state index in [-0.39, 0.29) is 12.3 Å². The van der Waals surface area contributed by atoms with Gasteiger partial charge < -0.3 is 15.0 Å². The highest BCUT2D eigenvalue weighted by molar-refractivity contribution is 7.98. The molecule has 1 aromatic heterocycles. The number of carbonyl (C=O) groups is 2. The first-order chi connectivity index (χ1) is 18.6. The minimum atomic E-state index is -1.02. The number of nitrogens with one attached hydrogen (secondary N) is 1. The Morgan fingerprint density at radius 3 is 2.13 bits per heavy atom. The standard InChI is InChI=1S/C32H28N2O3S/c35-31(20-23-6-2-1-3-7-23)33-29(32(36)37)22-38-21-24-10-12-25(13-11-24)26-14-16-28(17-15-26)34-19-18-27-8-4-5-9-30(27)34/h1-19,29H,20-22H2,(H,33,35)(H,36,37). The molecule has 38 heavy (non-hydrogen) atoms. The summed E-state index contributed by atoms with van der Waals surface area (Å²) in [6, 6.07) is 35.7. The van der Waals surface area contributed by atoms with Crippen LogP contribution in [0.25, 0.3) is 27.7 Å². The Balaban J connectivity index is 1.15. The van der Waals surface area contributed by atoms with Gasteiger partial charge in [0.15, 0.2) is 0 Å². The van der Waals surface area contributed by atoms with Crippen LogP contribution in [0.2, 0.25) is 0 Å². The van der Waals surface area contributed by atoms with Gasteiger partial charge in [-0.3, -0.25) is 4.79 Å². The number of aromatic nitrogens is 1. The van der Waals surface area contributed by atoms with Crippen LogP contribution < -0.4 is 5.32 Å². The van der Waals surface area contributed by atoms with Crippen LogP contribution in [-0.4, -0.2) is 33.3 Å². The van der Waals surface area contributed by atoms with Gasteiger partial charge in [0.1, 0.15) is 6.04 Å². The second kappa shape index (κ2) is 11.8. The van der Waals surface area contributed by atoms with Gasteiger partial charge in [-0.15, -0.1) is 0 Å². The fraction of sp³-hybridized carbons (Fsp3) is 0.125. The first-order valence-electron chi connectivity index (χ1n) is 12.5. The van der Waals surface area contributed by atoms with E-state index < -0.39 is 12.0 Å². The lowest BCUT2D eigenvalue weighted by atomic mass is 10.0. The molecule has 2 N–H and O–H groups in total. The number of hydrogen-bond acceptors (Lipinski definition) is 3. The summed E-state index contributed by atoms with van der Waals surface area (Å²) >= 11 is 1.50. The molecule has 0 spiro atoms. The van der Waals surface area contributed by atoms with E-state index in [1.54, 1.807) is 0 Å². The molecule has 5 aromatic rings. The van der Waals surface area contributed by atoms with Gasteiger partial charge in [0.2, 0.25) is 5.91 Å². The van der Waals surface area contributed by atoms with E-state index in [2.05, 4.69) is 88.9 Å². The molecule has 1 amide bonds. The number of para-hydroxylation sites is 1. The molecule has 0 bridgehead atoms. The maximum Gasteiger partial charge on any atom is 0.327 e. The number of fused-ring (bicyclic) bond motifs is 1. The van der Waals surface area contributed by atoms with Gasteiger partial charge in [0.25, 0.3) is 0 Å². The molecule has 5 rings (SSSR count). The van der Waals surface area contributed by atoms with Crippen LogP contribution in [0.1, 0.15) is 11.1 Å². The molecule has 0 aliphatic heterocycles. The highest BCUT2D eigenvalue weighted by Gasteiger charge is 2.20. The third-order valence-electron chi connectivity index (χ3n) is 6.43. The highest BCUT2D eigenvalue weighted by Crippen LogP contribution is 2.25. The average Bonchev–Trinajstić information content (AvgIpc) is 3.38. The molecule has 1 unspecified atom stereocenters. The Kier molecular flexibility index (Phi) is 7.90. The highest BCUT2D eigenvalue weighted by atomic mass is 32.2. The zero-order valence-electron chi connectivity index (χ0n) is 20.8. The topological polar surface area (TPSA) is 71.3 Å². The Labute approximate surface area is 226 Å². The van der Waals surface area contributed by atoms with E-state index in [0.717, 1.165) is 27.9 Å². The summed E-state index contributed by atoms with van der Waals surface area (Å²) in [5.41, 5.74) is 6.52. The largest absolute Gasteiger partial charge is 0.480 e. The van der Waals surface area contributed by atoms with E-state index in [4.69, 9.17) is 0 Å². The molecule has 5 nitrogen and oxygen atoms in total. The Morgan fingerprint density at radius 1 is 0.763 bits per heavy atom. The number of amides is 1. The van der Waals surface area contributed by atoms with Crippen molar-refractivity contribution < 1.29 is 14.7 Å². The molecule has 4 aromatic carbocycles. The normalized spacial score (nSPS) is 11.8. The zero-order chi connectivity index (χ0) is 26.3. The van der Waals surface area contributed by atoms with E-state index >= 15 is 0 Å². The number of carbonyl (C=O) groups excluding carboxylic acids is 1. The monoisotopic (exact) mass is 520 g/mol. The lowest BCUT2D eigenvalue weighted by molar-refractivity contribution is -0.141. The van der Waals surface area contributed by atoms with Crippen LogP contribution in [-0.2, 0) is 21.8 Å². The average molecular weight is 521 g/mol. The van der Waals surface area contributed by atoms with Crippen molar-refractivity contribution >= 4 is 34.5 Å². The van der Waals surface area contributed by atoms with Crippen molar-refractivity contribution in [3.05, 3.63) is 127 Å². The predicted molar refractivity (Wildman–Crippen MR) is 155 cm³/mol. The molecular weight excluding hydrogens is 492 g/mol. The Bertz CT molecular complexity index is 1530. The number of rotatable bonds is 10. The third kappa shape index (κ3) is 6.15. The van der Waals surface area contributed by atoms with Crippen molar-refractivity contribution in [2.75, 3.05) is 5.75 Å². The molecule has 0 aliphatic rings. The SMILES string of the molecule is O=C(Cc1ccccc1)NC(CSCc1ccc(-c2ccc(-n3ccc4ccccc43)cc2)cc1)C(=O)O. The maximum atomic E-state index is 12.3. The van der Waals surface area contributed by atoms with Crippen LogP contribution >= 0.6 is 11.8 Å². The number of carboxylic acid groups (broad SMARTS) is 1. The van der Waals surface area contributed by atoms with Gasteiger partial charge in [-0.05, 0) is 51.9 Å². The van der Waals surface area contributed by atoms with Crippen molar-refractivity contribution in [3.8, 4) is 16.8 Å². The number of hydrogen-bond donors (Lipinski definition) is 2. The van der Waals surface area contributed by atoms with Crippen LogP contribution in [0.4, 0.5) is 0 Å². The van der Waals surface area contributed by atoms with E-state index in [1.165, 1.54) is 22.7 Å². The van der Waals surface area contributed by atoms with Gasteiger partial charge in [0.05, 0.1) is 11.9 Å². The van der Waals surface area contributed by atoms with E-state index in [0.29, 0.717) is 11.5 Å². The van der Waals surface area contributed by atoms with E-state index in [1.807, 2.05) is 36.4 Å². The first-order valence-corrected chi connectivity index (χ1v) is 13.6. The molecule has 1 atom stereocenters. The lowest BCUT2D eigenvalue weighted by Gasteiger charge is -2.14. The smallest absolute Gasteiger partial charge is 0.327 e. The van der Waals surface area contributed by atoms with Crippen molar-refractivity contribution in [2.45, 2.75) is 18.2 Å². The van der Waals surface area contributed by atoms with Crippen molar-refractivity contribution in [1.82, 2.24) is 9.88 Å². The summed E-state index contributed by atoms with van der Waals surface area (Å²) in [7, 11) is 0. The summed E-state index contributed by atoms with van der Waals surface area (Å²) in [6.07, 6.45) is 2.26. The lowest BCUT2D eigenvalue weighted by Crippen LogP contribution is -2.43. The molecule has 6 heteroatoms. The van der Waals surface area contributed by atoms with Crippen molar-refractivity contribution in [1.29, 1.82) is 0 Å². The molecule has 0 saturated carbocycles. The number of thioether (sulfide) groups is 1. The molecule has 0 aliphatic carbocycles. The van der Waals surface area contributed by atoms with Gasteiger partial charge in [-0.2, -0.15) is 11.8 Å². The number of aliphatic carboxylic acids is 1. The second-order valence-electron chi connectivity index (χ2n) is 9.12. The van der Waals surface area contributed by atoms with Gasteiger partial charge in [0, 0.05) is 23.4 Å². The third-order valence-corrected chi connectivity index (χ3v) is 7.53. The molecule has 0 radical (unpaired) electrons. The van der Waals surface area contributed by atoms with Crippen LogP contribution in [0.3, 0.4) is 0 Å². The summed E-state index contributed by atoms with van der Waals surface area (Å²) < 4.78 is 2.19. The summed E-state index contributed by atoms with van der Waals surface area (Å²) in [6.45, 7) is 0. The number of carboxylic acids is 1. The van der Waals surface area contributed by atoms with Gasteiger partial charge >= 0.3 is 5.97 Å². The van der Waals surface area contributed by atoms with Crippen molar-refractivity contribution in [2.24, 2.45) is 0 Å². The Hall–Kier alpha value is -4.29. The van der Waals surface area contributed by atoms with Crippen LogP contribution in [0.15, 0.2) is 115 Å². The fourth-order valence-corrected chi connectivity index (χ4v) is 5.42. The quantitative estimate of drug-likeness (QED) is 0.225. The Morgan fingerprint density at radius 2 is 1.42 bits per heavy atom. The minimum absolute atomic E-state index is 0.166. The molecular formula is C32H28N2O3S.